The lowest BCUT2D eigenvalue weighted by molar-refractivity contribution is -0.138. The first-order valence-corrected chi connectivity index (χ1v) is 7.09. The van der Waals surface area contributed by atoms with Crippen LogP contribution in [0.25, 0.3) is 0 Å². The summed E-state index contributed by atoms with van der Waals surface area (Å²) < 4.78 is 0. The molecule has 0 aromatic carbocycles. The van der Waals surface area contributed by atoms with E-state index in [0.29, 0.717) is 18.4 Å². The van der Waals surface area contributed by atoms with E-state index in [-0.39, 0.29) is 11.8 Å². The minimum Gasteiger partial charge on any atom is -0.409 e. The largest absolute Gasteiger partial charge is 0.409 e. The van der Waals surface area contributed by atoms with Gasteiger partial charge in [-0.25, -0.2) is 0 Å². The molecule has 2 atom stereocenters. The van der Waals surface area contributed by atoms with Crippen LogP contribution >= 0.6 is 0 Å². The highest BCUT2D eigenvalue weighted by Crippen LogP contribution is 2.32. The molecule has 0 bridgehead atoms. The summed E-state index contributed by atoms with van der Waals surface area (Å²) in [6, 6.07) is 0. The summed E-state index contributed by atoms with van der Waals surface area (Å²) in [5.74, 6) is 1.32. The molecule has 1 heterocycles. The highest BCUT2D eigenvalue weighted by molar-refractivity contribution is 5.82. The molecule has 6 heteroatoms. The third kappa shape index (κ3) is 3.37. The molecule has 0 spiro atoms. The molecule has 6 nitrogen and oxygen atoms in total. The van der Waals surface area contributed by atoms with Crippen molar-refractivity contribution in [3.63, 3.8) is 0 Å². The van der Waals surface area contributed by atoms with Gasteiger partial charge in [0.2, 0.25) is 5.91 Å². The predicted octanol–water partition coefficient (Wildman–Crippen LogP) is 0.313. The van der Waals surface area contributed by atoms with E-state index in [2.05, 4.69) is 17.0 Å². The Morgan fingerprint density at radius 3 is 2.53 bits per heavy atom. The van der Waals surface area contributed by atoms with Crippen molar-refractivity contribution in [1.82, 2.24) is 9.80 Å². The van der Waals surface area contributed by atoms with Gasteiger partial charge in [-0.15, -0.1) is 0 Å². The number of nitrogens with zero attached hydrogens (tertiary/aromatic N) is 3. The lowest BCUT2D eigenvalue weighted by atomic mass is 9.96. The molecule has 108 valence electrons. The maximum atomic E-state index is 12.4. The third-order valence-corrected chi connectivity index (χ3v) is 4.38. The van der Waals surface area contributed by atoms with Crippen molar-refractivity contribution in [2.75, 3.05) is 32.7 Å². The van der Waals surface area contributed by atoms with Gasteiger partial charge in [-0.1, -0.05) is 18.5 Å². The van der Waals surface area contributed by atoms with E-state index in [1.54, 1.807) is 0 Å². The number of oxime groups is 1. The van der Waals surface area contributed by atoms with Crippen LogP contribution < -0.4 is 5.73 Å². The van der Waals surface area contributed by atoms with Crippen molar-refractivity contribution >= 4 is 11.7 Å². The van der Waals surface area contributed by atoms with Crippen LogP contribution in [0.3, 0.4) is 0 Å². The van der Waals surface area contributed by atoms with Gasteiger partial charge in [0.1, 0.15) is 0 Å². The molecule has 2 unspecified atom stereocenters. The van der Waals surface area contributed by atoms with Crippen LogP contribution in [-0.2, 0) is 4.79 Å². The molecule has 0 radical (unpaired) electrons. The van der Waals surface area contributed by atoms with E-state index in [9.17, 15) is 4.79 Å². The molecule has 2 fully saturated rings. The number of carbonyl (C=O) groups excluding carboxylic acids is 1. The third-order valence-electron chi connectivity index (χ3n) is 4.38. The van der Waals surface area contributed by atoms with Crippen molar-refractivity contribution in [3.05, 3.63) is 0 Å². The minimum atomic E-state index is 0.226. The van der Waals surface area contributed by atoms with Gasteiger partial charge >= 0.3 is 0 Å². The first-order chi connectivity index (χ1) is 9.11. The Bertz CT molecular complexity index is 351. The molecule has 2 aliphatic rings. The lowest BCUT2D eigenvalue weighted by Crippen LogP contribution is -2.52. The molecule has 0 aromatic rings. The molecule has 1 amide bonds. The Labute approximate surface area is 114 Å². The molecule has 0 aromatic heterocycles. The fourth-order valence-corrected chi connectivity index (χ4v) is 3.13. The van der Waals surface area contributed by atoms with Crippen molar-refractivity contribution < 1.29 is 10.0 Å². The van der Waals surface area contributed by atoms with Gasteiger partial charge in [0, 0.05) is 32.1 Å². The zero-order valence-corrected chi connectivity index (χ0v) is 11.6. The van der Waals surface area contributed by atoms with Crippen LogP contribution in [0, 0.1) is 11.8 Å². The first kappa shape index (κ1) is 14.1. The van der Waals surface area contributed by atoms with Gasteiger partial charge in [0.25, 0.3) is 0 Å². The normalized spacial score (nSPS) is 29.7. The van der Waals surface area contributed by atoms with E-state index in [4.69, 9.17) is 10.9 Å². The second-order valence-corrected chi connectivity index (χ2v) is 5.71. The smallest absolute Gasteiger partial charge is 0.226 e. The van der Waals surface area contributed by atoms with Crippen LogP contribution in [0.1, 0.15) is 26.2 Å². The summed E-state index contributed by atoms with van der Waals surface area (Å²) in [6.07, 6.45) is 3.41. The van der Waals surface area contributed by atoms with Crippen LogP contribution in [-0.4, -0.2) is 59.5 Å². The summed E-state index contributed by atoms with van der Waals surface area (Å²) in [7, 11) is 0. The van der Waals surface area contributed by atoms with Crippen molar-refractivity contribution in [2.45, 2.75) is 26.2 Å². The highest BCUT2D eigenvalue weighted by Gasteiger charge is 2.33. The summed E-state index contributed by atoms with van der Waals surface area (Å²) in [6.45, 7) is 5.75. The maximum absolute atomic E-state index is 12.4. The zero-order chi connectivity index (χ0) is 13.8. The summed E-state index contributed by atoms with van der Waals surface area (Å²) in [5.41, 5.74) is 5.49. The van der Waals surface area contributed by atoms with Gasteiger partial charge in [-0.05, 0) is 18.8 Å². The second-order valence-electron chi connectivity index (χ2n) is 5.71. The minimum absolute atomic E-state index is 0.226. The van der Waals surface area contributed by atoms with Gasteiger partial charge < -0.3 is 15.8 Å². The molecule has 2 rings (SSSR count). The van der Waals surface area contributed by atoms with E-state index >= 15 is 0 Å². The fraction of sp³-hybridized carbons (Fsp3) is 0.846. The SMILES string of the molecule is CC1CCCC1C(=O)N1CCN(CC(N)=NO)CC1. The molecule has 3 N–H and O–H groups in total. The topological polar surface area (TPSA) is 82.2 Å². The lowest BCUT2D eigenvalue weighted by Gasteiger charge is -2.36. The quantitative estimate of drug-likeness (QED) is 0.334. The average Bonchev–Trinajstić information content (AvgIpc) is 2.85. The molecular formula is C13H24N4O2. The van der Waals surface area contributed by atoms with E-state index in [0.717, 1.165) is 32.6 Å². The monoisotopic (exact) mass is 268 g/mol. The molecule has 19 heavy (non-hydrogen) atoms. The molecule has 1 saturated heterocycles. The van der Waals surface area contributed by atoms with E-state index < -0.39 is 0 Å². The van der Waals surface area contributed by atoms with Crippen LogP contribution in [0.15, 0.2) is 5.16 Å². The maximum Gasteiger partial charge on any atom is 0.226 e. The number of hydrogen-bond donors (Lipinski definition) is 2. The van der Waals surface area contributed by atoms with Crippen molar-refractivity contribution in [3.8, 4) is 0 Å². The Morgan fingerprint density at radius 2 is 2.00 bits per heavy atom. The Hall–Kier alpha value is -1.30. The number of amidine groups is 1. The number of hydrogen-bond acceptors (Lipinski definition) is 4. The number of piperazine rings is 1. The van der Waals surface area contributed by atoms with Crippen molar-refractivity contribution in [1.29, 1.82) is 0 Å². The molecular weight excluding hydrogens is 244 g/mol. The standard InChI is InChI=1S/C13H24N4O2/c1-10-3-2-4-11(10)13(18)17-7-5-16(6-8-17)9-12(14)15-19/h10-11,19H,2-9H2,1H3,(H2,14,15). The Kier molecular flexibility index (Phi) is 4.63. The van der Waals surface area contributed by atoms with E-state index in [1.807, 2.05) is 4.90 Å². The molecule has 1 aliphatic carbocycles. The number of amides is 1. The highest BCUT2D eigenvalue weighted by atomic mass is 16.4. The number of carbonyl (C=O) groups is 1. The summed E-state index contributed by atoms with van der Waals surface area (Å²) >= 11 is 0. The van der Waals surface area contributed by atoms with E-state index in [1.165, 1.54) is 12.8 Å². The van der Waals surface area contributed by atoms with Gasteiger partial charge in [-0.3, -0.25) is 9.69 Å². The summed E-state index contributed by atoms with van der Waals surface area (Å²) in [5, 5.41) is 11.5. The molecule has 1 aliphatic heterocycles. The van der Waals surface area contributed by atoms with Gasteiger partial charge in [0.05, 0.1) is 6.54 Å². The van der Waals surface area contributed by atoms with Crippen LogP contribution in [0.5, 0.6) is 0 Å². The van der Waals surface area contributed by atoms with Crippen LogP contribution in [0.4, 0.5) is 0 Å². The number of rotatable bonds is 3. The second kappa shape index (κ2) is 6.23. The number of nitrogens with two attached hydrogens (primary N) is 1. The first-order valence-electron chi connectivity index (χ1n) is 7.09. The van der Waals surface area contributed by atoms with Crippen LogP contribution in [0.2, 0.25) is 0 Å². The van der Waals surface area contributed by atoms with Gasteiger partial charge in [-0.2, -0.15) is 0 Å². The summed E-state index contributed by atoms with van der Waals surface area (Å²) in [4.78, 5) is 16.5. The average molecular weight is 268 g/mol. The zero-order valence-electron chi connectivity index (χ0n) is 11.6. The fourth-order valence-electron chi connectivity index (χ4n) is 3.13. The Balaban J connectivity index is 1.81. The molecule has 1 saturated carbocycles. The van der Waals surface area contributed by atoms with Gasteiger partial charge in [0.15, 0.2) is 5.84 Å². The Morgan fingerprint density at radius 1 is 1.32 bits per heavy atom. The predicted molar refractivity (Wildman–Crippen MR) is 72.9 cm³/mol. The van der Waals surface area contributed by atoms with Crippen molar-refractivity contribution in [2.24, 2.45) is 22.7 Å².